The smallest absolute Gasteiger partial charge is 0.228 e. The maximum absolute atomic E-state index is 13.6. The van der Waals surface area contributed by atoms with Gasteiger partial charge in [-0.3, -0.25) is 19.2 Å². The summed E-state index contributed by atoms with van der Waals surface area (Å²) in [4.78, 5) is 53.5. The first-order chi connectivity index (χ1) is 15.3. The van der Waals surface area contributed by atoms with Crippen LogP contribution in [0.15, 0.2) is 71.2 Å². The molecule has 0 fully saturated rings. The average molecular weight is 430 g/mol. The summed E-state index contributed by atoms with van der Waals surface area (Å²) in [7, 11) is 2.64. The van der Waals surface area contributed by atoms with Crippen molar-refractivity contribution in [2.45, 2.75) is 13.8 Å². The summed E-state index contributed by atoms with van der Waals surface area (Å²) in [6, 6.07) is 13.0. The van der Waals surface area contributed by atoms with Crippen molar-refractivity contribution in [1.82, 2.24) is 0 Å². The van der Waals surface area contributed by atoms with Crippen molar-refractivity contribution >= 4 is 23.1 Å². The van der Waals surface area contributed by atoms with Gasteiger partial charge < -0.3 is 9.47 Å². The van der Waals surface area contributed by atoms with E-state index in [1.54, 1.807) is 48.5 Å². The molecule has 6 nitrogen and oxygen atoms in total. The van der Waals surface area contributed by atoms with E-state index in [2.05, 4.69) is 0 Å². The van der Waals surface area contributed by atoms with Crippen LogP contribution < -0.4 is 0 Å². The summed E-state index contributed by atoms with van der Waals surface area (Å²) < 4.78 is 10.8. The topological polar surface area (TPSA) is 86.7 Å². The van der Waals surface area contributed by atoms with Crippen LogP contribution in [0.25, 0.3) is 0 Å². The number of benzene rings is 2. The van der Waals surface area contributed by atoms with Crippen LogP contribution in [-0.2, 0) is 9.47 Å². The Morgan fingerprint density at radius 2 is 0.875 bits per heavy atom. The minimum atomic E-state index is -0.880. The number of carbonyl (C=O) groups excluding carboxylic acids is 4. The summed E-state index contributed by atoms with van der Waals surface area (Å²) in [6.45, 7) is 3.64. The molecule has 6 heteroatoms. The largest absolute Gasteiger partial charge is 0.492 e. The van der Waals surface area contributed by atoms with Crippen LogP contribution in [0.4, 0.5) is 0 Å². The zero-order valence-corrected chi connectivity index (χ0v) is 18.2. The van der Waals surface area contributed by atoms with Gasteiger partial charge in [0.05, 0.1) is 25.4 Å². The van der Waals surface area contributed by atoms with Crippen molar-refractivity contribution in [3.63, 3.8) is 0 Å². The number of fused-ring (bicyclic) bond motifs is 2. The van der Waals surface area contributed by atoms with Gasteiger partial charge in [0.25, 0.3) is 0 Å². The Kier molecular flexibility index (Phi) is 5.38. The van der Waals surface area contributed by atoms with Crippen molar-refractivity contribution < 1.29 is 28.7 Å². The quantitative estimate of drug-likeness (QED) is 0.706. The maximum Gasteiger partial charge on any atom is 0.228 e. The molecule has 0 spiro atoms. The van der Waals surface area contributed by atoms with Gasteiger partial charge in [0.1, 0.15) is 0 Å². The first-order valence-electron chi connectivity index (χ1n) is 10.3. The third-order valence-corrected chi connectivity index (χ3v) is 5.92. The molecule has 0 saturated heterocycles. The molecule has 0 N–H and O–H groups in total. The molecule has 2 aromatic rings. The van der Waals surface area contributed by atoms with E-state index in [9.17, 15) is 19.2 Å². The van der Waals surface area contributed by atoms with E-state index < -0.39 is 29.1 Å². The summed E-state index contributed by atoms with van der Waals surface area (Å²) in [5, 5.41) is 0. The van der Waals surface area contributed by atoms with Crippen LogP contribution in [0.1, 0.15) is 55.3 Å². The molecule has 162 valence electrons. The van der Waals surface area contributed by atoms with Gasteiger partial charge in [-0.15, -0.1) is 0 Å². The second kappa shape index (κ2) is 8.04. The molecule has 0 amide bonds. The Balaban J connectivity index is 2.00. The van der Waals surface area contributed by atoms with Gasteiger partial charge in [0.15, 0.2) is 23.1 Å². The molecule has 0 radical (unpaired) electrons. The predicted octanol–water partition coefficient (Wildman–Crippen LogP) is 4.22. The number of Topliss-reactive ketones (excluding diaryl/α,β-unsaturated/α-hetero) is 4. The highest BCUT2D eigenvalue weighted by Crippen LogP contribution is 2.42. The van der Waals surface area contributed by atoms with Crippen LogP contribution >= 0.6 is 0 Å². The average Bonchev–Trinajstić information content (AvgIpc) is 2.80. The highest BCUT2D eigenvalue weighted by Gasteiger charge is 2.45. The first kappa shape index (κ1) is 21.4. The molecule has 0 heterocycles. The number of rotatable bonds is 5. The lowest BCUT2D eigenvalue weighted by Crippen LogP contribution is -2.35. The lowest BCUT2D eigenvalue weighted by molar-refractivity contribution is 0.0869. The molecular formula is C26H22O6. The van der Waals surface area contributed by atoms with Gasteiger partial charge in [0, 0.05) is 28.2 Å². The minimum Gasteiger partial charge on any atom is -0.492 e. The number of allylic oxidation sites excluding steroid dienone is 4. The van der Waals surface area contributed by atoms with E-state index >= 15 is 0 Å². The Hall–Kier alpha value is -3.80. The van der Waals surface area contributed by atoms with Crippen molar-refractivity contribution in [2.75, 3.05) is 14.2 Å². The summed E-state index contributed by atoms with van der Waals surface area (Å²) >= 11 is 0. The predicted molar refractivity (Wildman–Crippen MR) is 117 cm³/mol. The van der Waals surface area contributed by atoms with Gasteiger partial charge in [-0.05, 0) is 5.92 Å². The lowest BCUT2D eigenvalue weighted by Gasteiger charge is -2.32. The monoisotopic (exact) mass is 430 g/mol. The normalized spacial score (nSPS) is 16.1. The molecule has 2 aliphatic rings. The third-order valence-electron chi connectivity index (χ3n) is 5.92. The van der Waals surface area contributed by atoms with Gasteiger partial charge in [-0.25, -0.2) is 0 Å². The Morgan fingerprint density at radius 1 is 0.562 bits per heavy atom. The van der Waals surface area contributed by atoms with E-state index in [0.29, 0.717) is 0 Å². The molecular weight excluding hydrogens is 408 g/mol. The van der Waals surface area contributed by atoms with Crippen molar-refractivity contribution in [2.24, 2.45) is 11.8 Å². The third kappa shape index (κ3) is 3.02. The van der Waals surface area contributed by atoms with Crippen LogP contribution in [-0.4, -0.2) is 37.4 Å². The van der Waals surface area contributed by atoms with Crippen LogP contribution in [0, 0.1) is 11.8 Å². The number of hydrogen-bond donors (Lipinski definition) is 0. The van der Waals surface area contributed by atoms with E-state index in [1.165, 1.54) is 14.2 Å². The number of ether oxygens (including phenoxy) is 2. The van der Waals surface area contributed by atoms with Gasteiger partial charge in [-0.1, -0.05) is 62.4 Å². The standard InChI is InChI=1S/C26H22O6/c1-13(2)18(19-21(27)14-9-5-7-11-16(14)23(29)25(19)31-3)20-22(28)15-10-6-8-12-17(15)24(30)26(20)32-4/h5-13,18H,1-4H3. The second-order valence-corrected chi connectivity index (χ2v) is 8.02. The molecule has 0 aliphatic heterocycles. The van der Waals surface area contributed by atoms with Crippen molar-refractivity contribution in [1.29, 1.82) is 0 Å². The van der Waals surface area contributed by atoms with Crippen LogP contribution in [0.5, 0.6) is 0 Å². The molecule has 0 unspecified atom stereocenters. The minimum absolute atomic E-state index is 0.0660. The number of ketones is 4. The molecule has 0 bridgehead atoms. The molecule has 0 aromatic heterocycles. The fraction of sp³-hybridized carbons (Fsp3) is 0.231. The van der Waals surface area contributed by atoms with Gasteiger partial charge in [-0.2, -0.15) is 0 Å². The van der Waals surface area contributed by atoms with E-state index in [0.717, 1.165) is 0 Å². The zero-order valence-electron chi connectivity index (χ0n) is 18.2. The summed E-state index contributed by atoms with van der Waals surface area (Å²) in [5.41, 5.74) is 1.12. The Labute approximate surface area is 185 Å². The van der Waals surface area contributed by atoms with E-state index in [1.807, 2.05) is 13.8 Å². The highest BCUT2D eigenvalue weighted by molar-refractivity contribution is 6.29. The SMILES string of the molecule is COC1=C(C(C2=C(OC)C(=O)c3ccccc3C2=O)C(C)C)C(=O)c2ccccc2C1=O. The molecule has 32 heavy (non-hydrogen) atoms. The lowest BCUT2D eigenvalue weighted by atomic mass is 9.70. The zero-order chi connectivity index (χ0) is 23.2. The fourth-order valence-electron chi connectivity index (χ4n) is 4.53. The van der Waals surface area contributed by atoms with E-state index in [4.69, 9.17) is 9.47 Å². The first-order valence-corrected chi connectivity index (χ1v) is 10.3. The van der Waals surface area contributed by atoms with Crippen LogP contribution in [0.3, 0.4) is 0 Å². The number of carbonyl (C=O) groups is 4. The Morgan fingerprint density at radius 3 is 1.16 bits per heavy atom. The Bertz CT molecular complexity index is 1150. The fourth-order valence-corrected chi connectivity index (χ4v) is 4.53. The second-order valence-electron chi connectivity index (χ2n) is 8.02. The number of hydrogen-bond acceptors (Lipinski definition) is 6. The molecule has 0 atom stereocenters. The van der Waals surface area contributed by atoms with Crippen molar-refractivity contribution in [3.05, 3.63) is 93.4 Å². The molecule has 4 rings (SSSR count). The van der Waals surface area contributed by atoms with Gasteiger partial charge in [0.2, 0.25) is 11.6 Å². The maximum atomic E-state index is 13.6. The van der Waals surface area contributed by atoms with E-state index in [-0.39, 0.29) is 50.8 Å². The highest BCUT2D eigenvalue weighted by atomic mass is 16.5. The molecule has 2 aliphatic carbocycles. The summed E-state index contributed by atoms with van der Waals surface area (Å²) in [6.07, 6.45) is 0. The van der Waals surface area contributed by atoms with Gasteiger partial charge >= 0.3 is 0 Å². The molecule has 2 aromatic carbocycles. The summed E-state index contributed by atoms with van der Waals surface area (Å²) in [5.74, 6) is -3.11. The van der Waals surface area contributed by atoms with Crippen molar-refractivity contribution in [3.8, 4) is 0 Å². The molecule has 0 saturated carbocycles. The number of methoxy groups -OCH3 is 2. The van der Waals surface area contributed by atoms with Crippen LogP contribution in [0.2, 0.25) is 0 Å².